The highest BCUT2D eigenvalue weighted by Crippen LogP contribution is 2.60. The maximum absolute atomic E-state index is 8.97. The second-order valence-corrected chi connectivity index (χ2v) is 7.27. The van der Waals surface area contributed by atoms with Crippen molar-refractivity contribution in [2.24, 2.45) is 17.8 Å². The van der Waals surface area contributed by atoms with E-state index in [9.17, 15) is 0 Å². The molecule has 0 aliphatic heterocycles. The van der Waals surface area contributed by atoms with Crippen molar-refractivity contribution < 1.29 is 0 Å². The van der Waals surface area contributed by atoms with Gasteiger partial charge in [-0.1, -0.05) is 11.6 Å². The molecule has 0 saturated heterocycles. The zero-order valence-electron chi connectivity index (χ0n) is 10.9. The molecule has 2 nitrogen and oxygen atoms in total. The molecule has 0 amide bonds. The minimum absolute atomic E-state index is 0.270. The molecule has 0 unspecified atom stereocenters. The summed E-state index contributed by atoms with van der Waals surface area (Å²) in [5.41, 5.74) is 1.91. The van der Waals surface area contributed by atoms with Crippen molar-refractivity contribution in [1.29, 1.82) is 5.26 Å². The summed E-state index contributed by atoms with van der Waals surface area (Å²) in [5.74, 6) is 2.72. The summed E-state index contributed by atoms with van der Waals surface area (Å²) in [4.78, 5) is 4.59. The molecule has 4 fully saturated rings. The van der Waals surface area contributed by atoms with E-state index < -0.39 is 0 Å². The largest absolute Gasteiger partial charge is 0.259 e. The molecule has 1 heterocycles. The molecule has 0 spiro atoms. The third-order valence-electron chi connectivity index (χ3n) is 5.56. The van der Waals surface area contributed by atoms with Gasteiger partial charge >= 0.3 is 0 Å². The average Bonchev–Trinajstić information content (AvgIpc) is 2.37. The molecule has 98 valence electrons. The van der Waals surface area contributed by atoms with Crippen LogP contribution in [0.4, 0.5) is 0 Å². The zero-order chi connectivity index (χ0) is 13.0. The fourth-order valence-corrected chi connectivity index (χ4v) is 5.42. The van der Waals surface area contributed by atoms with Gasteiger partial charge < -0.3 is 0 Å². The molecule has 1 aromatic rings. The zero-order valence-corrected chi connectivity index (χ0v) is 11.7. The van der Waals surface area contributed by atoms with E-state index in [2.05, 4.69) is 11.1 Å². The minimum Gasteiger partial charge on any atom is -0.259 e. The van der Waals surface area contributed by atoms with Crippen LogP contribution >= 0.6 is 11.6 Å². The number of aromatic nitrogens is 1. The van der Waals surface area contributed by atoms with E-state index in [1.54, 1.807) is 6.20 Å². The number of hydrogen-bond donors (Lipinski definition) is 0. The molecule has 1 aromatic heterocycles. The number of hydrogen-bond acceptors (Lipinski definition) is 2. The predicted molar refractivity (Wildman–Crippen MR) is 73.8 cm³/mol. The van der Waals surface area contributed by atoms with Crippen LogP contribution < -0.4 is 0 Å². The standard InChI is InChI=1S/C16H17ClN2/c17-14-4-15(19-9-13(14)8-18)16-5-10-1-11(6-16)3-12(2-10)7-16/h4,9-12H,1-3,5-7H2. The lowest BCUT2D eigenvalue weighted by atomic mass is 9.49. The molecule has 4 saturated carbocycles. The average molecular weight is 273 g/mol. The fourth-order valence-electron chi connectivity index (χ4n) is 5.23. The Morgan fingerprint density at radius 1 is 1.16 bits per heavy atom. The van der Waals surface area contributed by atoms with Gasteiger partial charge in [-0.25, -0.2) is 0 Å². The van der Waals surface area contributed by atoms with Crippen LogP contribution in [-0.4, -0.2) is 4.98 Å². The molecule has 0 atom stereocenters. The predicted octanol–water partition coefficient (Wildman–Crippen LogP) is 4.07. The molecule has 0 N–H and O–H groups in total. The van der Waals surface area contributed by atoms with E-state index in [0.29, 0.717) is 10.6 Å². The van der Waals surface area contributed by atoms with E-state index in [1.807, 2.05) is 6.07 Å². The lowest BCUT2D eigenvalue weighted by Gasteiger charge is -2.56. The first-order valence-corrected chi connectivity index (χ1v) is 7.62. The fraction of sp³-hybridized carbons (Fsp3) is 0.625. The topological polar surface area (TPSA) is 36.7 Å². The van der Waals surface area contributed by atoms with Crippen molar-refractivity contribution in [3.8, 4) is 6.07 Å². The first-order chi connectivity index (χ1) is 9.18. The highest BCUT2D eigenvalue weighted by molar-refractivity contribution is 6.31. The highest BCUT2D eigenvalue weighted by Gasteiger charge is 2.52. The number of nitrogens with zero attached hydrogens (tertiary/aromatic N) is 2. The van der Waals surface area contributed by atoms with Gasteiger partial charge in [0.2, 0.25) is 0 Å². The number of rotatable bonds is 1. The highest BCUT2D eigenvalue weighted by atomic mass is 35.5. The summed E-state index contributed by atoms with van der Waals surface area (Å²) in [6, 6.07) is 4.07. The lowest BCUT2D eigenvalue weighted by Crippen LogP contribution is -2.48. The molecule has 19 heavy (non-hydrogen) atoms. The summed E-state index contributed by atoms with van der Waals surface area (Å²) in [5, 5.41) is 9.54. The Labute approximate surface area is 118 Å². The van der Waals surface area contributed by atoms with Crippen LogP contribution in [0.25, 0.3) is 0 Å². The van der Waals surface area contributed by atoms with E-state index in [0.717, 1.165) is 23.4 Å². The maximum Gasteiger partial charge on any atom is 0.102 e. The third-order valence-corrected chi connectivity index (χ3v) is 5.87. The van der Waals surface area contributed by atoms with Gasteiger partial charge in [-0.15, -0.1) is 0 Å². The van der Waals surface area contributed by atoms with Crippen LogP contribution in [-0.2, 0) is 5.41 Å². The van der Waals surface area contributed by atoms with Crippen molar-refractivity contribution >= 4 is 11.6 Å². The molecular formula is C16H17ClN2. The normalized spacial score (nSPS) is 39.3. The number of pyridine rings is 1. The van der Waals surface area contributed by atoms with Crippen LogP contribution in [0, 0.1) is 29.1 Å². The van der Waals surface area contributed by atoms with E-state index in [-0.39, 0.29) is 5.41 Å². The van der Waals surface area contributed by atoms with Gasteiger partial charge in [-0.3, -0.25) is 4.98 Å². The van der Waals surface area contributed by atoms with Crippen molar-refractivity contribution in [2.75, 3.05) is 0 Å². The molecule has 4 aliphatic carbocycles. The van der Waals surface area contributed by atoms with Gasteiger partial charge in [0.1, 0.15) is 6.07 Å². The van der Waals surface area contributed by atoms with Gasteiger partial charge in [-0.2, -0.15) is 5.26 Å². The summed E-state index contributed by atoms with van der Waals surface area (Å²) in [6.45, 7) is 0. The molecule has 5 rings (SSSR count). The van der Waals surface area contributed by atoms with Gasteiger partial charge in [0.25, 0.3) is 0 Å². The van der Waals surface area contributed by atoms with Gasteiger partial charge in [0, 0.05) is 17.3 Å². The Bertz CT molecular complexity index is 537. The van der Waals surface area contributed by atoms with Crippen LogP contribution in [0.15, 0.2) is 12.3 Å². The Morgan fingerprint density at radius 2 is 1.74 bits per heavy atom. The molecule has 4 bridgehead atoms. The van der Waals surface area contributed by atoms with Crippen LogP contribution in [0.5, 0.6) is 0 Å². The molecule has 4 aliphatic rings. The summed E-state index contributed by atoms with van der Waals surface area (Å²) >= 11 is 6.21. The molecule has 3 heteroatoms. The monoisotopic (exact) mass is 272 g/mol. The van der Waals surface area contributed by atoms with E-state index in [1.165, 1.54) is 38.5 Å². The molecule has 0 aromatic carbocycles. The van der Waals surface area contributed by atoms with Crippen LogP contribution in [0.3, 0.4) is 0 Å². The number of halogens is 1. The van der Waals surface area contributed by atoms with Crippen LogP contribution in [0.2, 0.25) is 5.02 Å². The van der Waals surface area contributed by atoms with E-state index in [4.69, 9.17) is 16.9 Å². The Kier molecular flexibility index (Phi) is 2.45. The second-order valence-electron chi connectivity index (χ2n) is 6.86. The summed E-state index contributed by atoms with van der Waals surface area (Å²) in [7, 11) is 0. The minimum atomic E-state index is 0.270. The maximum atomic E-state index is 8.97. The van der Waals surface area contributed by atoms with Crippen LogP contribution in [0.1, 0.15) is 49.8 Å². The van der Waals surface area contributed by atoms with Crippen molar-refractivity contribution in [3.63, 3.8) is 0 Å². The summed E-state index contributed by atoms with van der Waals surface area (Å²) in [6.07, 6.45) is 9.82. The quantitative estimate of drug-likeness (QED) is 0.772. The second kappa shape index (κ2) is 3.96. The third kappa shape index (κ3) is 1.71. The van der Waals surface area contributed by atoms with Crippen molar-refractivity contribution in [1.82, 2.24) is 4.98 Å². The Morgan fingerprint density at radius 3 is 2.21 bits per heavy atom. The van der Waals surface area contributed by atoms with Crippen molar-refractivity contribution in [3.05, 3.63) is 28.5 Å². The Hall–Kier alpha value is -1.07. The summed E-state index contributed by atoms with van der Waals surface area (Å²) < 4.78 is 0. The molecular weight excluding hydrogens is 256 g/mol. The van der Waals surface area contributed by atoms with E-state index >= 15 is 0 Å². The lowest BCUT2D eigenvalue weighted by molar-refractivity contribution is -0.00719. The van der Waals surface area contributed by atoms with Crippen molar-refractivity contribution in [2.45, 2.75) is 43.9 Å². The SMILES string of the molecule is N#Cc1cnc(C23CC4CC(CC(C4)C2)C3)cc1Cl. The number of nitriles is 1. The Balaban J connectivity index is 1.76. The smallest absolute Gasteiger partial charge is 0.102 e. The molecule has 0 radical (unpaired) electrons. The van der Waals surface area contributed by atoms with Gasteiger partial charge in [0.05, 0.1) is 10.6 Å². The first-order valence-electron chi connectivity index (χ1n) is 7.25. The first kappa shape index (κ1) is 11.7. The van der Waals surface area contributed by atoms with Gasteiger partial charge in [-0.05, 0) is 62.3 Å². The van der Waals surface area contributed by atoms with Gasteiger partial charge in [0.15, 0.2) is 0 Å².